The Bertz CT molecular complexity index is 331. The molecule has 0 unspecified atom stereocenters. The lowest BCUT2D eigenvalue weighted by atomic mass is 10.0. The van der Waals surface area contributed by atoms with Crippen molar-refractivity contribution >= 4 is 0 Å². The predicted octanol–water partition coefficient (Wildman–Crippen LogP) is 1.25. The van der Waals surface area contributed by atoms with Crippen LogP contribution in [0.25, 0.3) is 0 Å². The Balaban J connectivity index is 2.30. The Kier molecular flexibility index (Phi) is 2.21. The number of ether oxygens (including phenoxy) is 1. The fraction of sp³-hybridized carbons (Fsp3) is 0.455. The van der Waals surface area contributed by atoms with E-state index >= 15 is 0 Å². The van der Waals surface area contributed by atoms with Crippen LogP contribution in [0.1, 0.15) is 24.5 Å². The molecule has 76 valence electrons. The van der Waals surface area contributed by atoms with Crippen molar-refractivity contribution in [1.29, 1.82) is 0 Å². The molecule has 1 aliphatic rings. The normalized spacial score (nSPS) is 20.2. The number of aliphatic hydroxyl groups is 2. The van der Waals surface area contributed by atoms with Gasteiger partial charge in [-0.25, -0.2) is 0 Å². The molecule has 0 bridgehead atoms. The van der Waals surface area contributed by atoms with Crippen LogP contribution in [0, 0.1) is 0 Å². The number of para-hydroxylation sites is 1. The highest BCUT2D eigenvalue weighted by Crippen LogP contribution is 2.47. The lowest BCUT2D eigenvalue weighted by molar-refractivity contribution is -0.00295. The van der Waals surface area contributed by atoms with E-state index in [1.54, 1.807) is 19.2 Å². The predicted molar refractivity (Wildman–Crippen MR) is 52.1 cm³/mol. The van der Waals surface area contributed by atoms with Gasteiger partial charge in [-0.2, -0.15) is 0 Å². The summed E-state index contributed by atoms with van der Waals surface area (Å²) in [5.41, 5.74) is -0.260. The minimum Gasteiger partial charge on any atom is -0.496 e. The van der Waals surface area contributed by atoms with Crippen LogP contribution in [-0.4, -0.2) is 22.9 Å². The highest BCUT2D eigenvalue weighted by molar-refractivity contribution is 5.37. The molecular weight excluding hydrogens is 180 g/mol. The molecule has 3 heteroatoms. The lowest BCUT2D eigenvalue weighted by Crippen LogP contribution is -2.19. The maximum absolute atomic E-state index is 9.90. The zero-order chi connectivity index (χ0) is 10.2. The van der Waals surface area contributed by atoms with E-state index in [1.165, 1.54) is 0 Å². The van der Waals surface area contributed by atoms with Crippen LogP contribution in [-0.2, 0) is 0 Å². The summed E-state index contributed by atoms with van der Waals surface area (Å²) in [6.07, 6.45) is 0.483. The summed E-state index contributed by atoms with van der Waals surface area (Å²) in [6, 6.07) is 7.23. The molecule has 1 aromatic carbocycles. The molecule has 14 heavy (non-hydrogen) atoms. The molecule has 0 heterocycles. The summed E-state index contributed by atoms with van der Waals surface area (Å²) < 4.78 is 5.12. The average Bonchev–Trinajstić information content (AvgIpc) is 2.97. The summed E-state index contributed by atoms with van der Waals surface area (Å²) in [7, 11) is 1.56. The molecule has 2 N–H and O–H groups in total. The van der Waals surface area contributed by atoms with Gasteiger partial charge >= 0.3 is 0 Å². The van der Waals surface area contributed by atoms with Gasteiger partial charge in [0.1, 0.15) is 11.9 Å². The van der Waals surface area contributed by atoms with Crippen LogP contribution in [0.5, 0.6) is 5.75 Å². The Morgan fingerprint density at radius 1 is 1.36 bits per heavy atom. The second-order valence-corrected chi connectivity index (χ2v) is 3.75. The molecule has 0 amide bonds. The molecule has 0 spiro atoms. The number of benzene rings is 1. The average molecular weight is 194 g/mol. The summed E-state index contributed by atoms with van der Waals surface area (Å²) >= 11 is 0. The molecule has 1 aromatic rings. The van der Waals surface area contributed by atoms with Gasteiger partial charge in [0.25, 0.3) is 0 Å². The van der Waals surface area contributed by atoms with E-state index in [1.807, 2.05) is 12.1 Å². The maximum atomic E-state index is 9.90. The van der Waals surface area contributed by atoms with Crippen molar-refractivity contribution in [2.75, 3.05) is 7.11 Å². The third-order valence-electron chi connectivity index (χ3n) is 2.70. The van der Waals surface area contributed by atoms with Crippen LogP contribution in [0.2, 0.25) is 0 Å². The van der Waals surface area contributed by atoms with Crippen molar-refractivity contribution in [3.05, 3.63) is 29.8 Å². The zero-order valence-electron chi connectivity index (χ0n) is 8.10. The molecule has 0 saturated heterocycles. The van der Waals surface area contributed by atoms with Crippen LogP contribution in [0.15, 0.2) is 24.3 Å². The number of hydrogen-bond acceptors (Lipinski definition) is 3. The van der Waals surface area contributed by atoms with Gasteiger partial charge in [0.05, 0.1) is 12.7 Å². The summed E-state index contributed by atoms with van der Waals surface area (Å²) in [4.78, 5) is 0. The second-order valence-electron chi connectivity index (χ2n) is 3.75. The minimum atomic E-state index is -0.922. The SMILES string of the molecule is COc1ccccc1[C@H](O)C1(O)CC1. The second kappa shape index (κ2) is 3.26. The van der Waals surface area contributed by atoms with Gasteiger partial charge in [0, 0.05) is 5.56 Å². The molecule has 0 aromatic heterocycles. The van der Waals surface area contributed by atoms with Gasteiger partial charge in [0.2, 0.25) is 0 Å². The van der Waals surface area contributed by atoms with Crippen LogP contribution >= 0.6 is 0 Å². The first-order chi connectivity index (χ1) is 6.67. The molecule has 1 fully saturated rings. The highest BCUT2D eigenvalue weighted by Gasteiger charge is 2.48. The topological polar surface area (TPSA) is 49.7 Å². The van der Waals surface area contributed by atoms with E-state index < -0.39 is 11.7 Å². The third-order valence-corrected chi connectivity index (χ3v) is 2.70. The summed E-state index contributed by atoms with van der Waals surface area (Å²) in [5, 5.41) is 19.7. The van der Waals surface area contributed by atoms with Gasteiger partial charge in [-0.1, -0.05) is 18.2 Å². The van der Waals surface area contributed by atoms with Crippen molar-refractivity contribution in [3.63, 3.8) is 0 Å². The van der Waals surface area contributed by atoms with Crippen molar-refractivity contribution < 1.29 is 14.9 Å². The Morgan fingerprint density at radius 3 is 2.57 bits per heavy atom. The van der Waals surface area contributed by atoms with Crippen molar-refractivity contribution in [1.82, 2.24) is 0 Å². The van der Waals surface area contributed by atoms with Crippen molar-refractivity contribution in [2.45, 2.75) is 24.5 Å². The van der Waals surface area contributed by atoms with Crippen molar-refractivity contribution in [3.8, 4) is 5.75 Å². The fourth-order valence-electron chi connectivity index (χ4n) is 1.58. The zero-order valence-corrected chi connectivity index (χ0v) is 8.10. The largest absolute Gasteiger partial charge is 0.496 e. The van der Waals surface area contributed by atoms with Gasteiger partial charge in [-0.05, 0) is 18.9 Å². The fourth-order valence-corrected chi connectivity index (χ4v) is 1.58. The molecule has 3 nitrogen and oxygen atoms in total. The van der Waals surface area contributed by atoms with Gasteiger partial charge in [0.15, 0.2) is 0 Å². The molecule has 1 aliphatic carbocycles. The maximum Gasteiger partial charge on any atom is 0.124 e. The molecule has 2 rings (SSSR count). The quantitative estimate of drug-likeness (QED) is 0.761. The van der Waals surface area contributed by atoms with E-state index in [-0.39, 0.29) is 0 Å². The first kappa shape index (κ1) is 9.49. The number of hydrogen-bond donors (Lipinski definition) is 2. The lowest BCUT2D eigenvalue weighted by Gasteiger charge is -2.19. The molecule has 0 aliphatic heterocycles. The molecule has 1 saturated carbocycles. The third kappa shape index (κ3) is 1.49. The number of aliphatic hydroxyl groups excluding tert-OH is 1. The standard InChI is InChI=1S/C11H14O3/c1-14-9-5-3-2-4-8(9)10(12)11(13)6-7-11/h2-5,10,12-13H,6-7H2,1H3/t10-/m0/s1. The van der Waals surface area contributed by atoms with Crippen molar-refractivity contribution in [2.24, 2.45) is 0 Å². The minimum absolute atomic E-state index is 0.625. The van der Waals surface area contributed by atoms with E-state index in [2.05, 4.69) is 0 Å². The van der Waals surface area contributed by atoms with E-state index in [4.69, 9.17) is 4.74 Å². The molecular formula is C11H14O3. The van der Waals surface area contributed by atoms with Crippen LogP contribution in [0.4, 0.5) is 0 Å². The van der Waals surface area contributed by atoms with Crippen LogP contribution < -0.4 is 4.74 Å². The first-order valence-corrected chi connectivity index (χ1v) is 4.71. The summed E-state index contributed by atoms with van der Waals surface area (Å²) in [6.45, 7) is 0. The molecule has 1 atom stereocenters. The van der Waals surface area contributed by atoms with E-state index in [0.717, 1.165) is 0 Å². The Morgan fingerprint density at radius 2 is 2.00 bits per heavy atom. The first-order valence-electron chi connectivity index (χ1n) is 4.71. The monoisotopic (exact) mass is 194 g/mol. The highest BCUT2D eigenvalue weighted by atomic mass is 16.5. The Hall–Kier alpha value is -1.06. The number of methoxy groups -OCH3 is 1. The smallest absolute Gasteiger partial charge is 0.124 e. The summed E-state index contributed by atoms with van der Waals surface area (Å²) in [5.74, 6) is 0.625. The van der Waals surface area contributed by atoms with Gasteiger partial charge in [-0.3, -0.25) is 0 Å². The van der Waals surface area contributed by atoms with Gasteiger partial charge < -0.3 is 14.9 Å². The van der Waals surface area contributed by atoms with Crippen LogP contribution in [0.3, 0.4) is 0 Å². The van der Waals surface area contributed by atoms with Gasteiger partial charge in [-0.15, -0.1) is 0 Å². The van der Waals surface area contributed by atoms with E-state index in [9.17, 15) is 10.2 Å². The number of rotatable bonds is 3. The Labute approximate surface area is 83.0 Å². The van der Waals surface area contributed by atoms with E-state index in [0.29, 0.717) is 24.2 Å². The molecule has 0 radical (unpaired) electrons.